The fourth-order valence-electron chi connectivity index (χ4n) is 3.57. The monoisotopic (exact) mass is 254 g/mol. The molecule has 18 heavy (non-hydrogen) atoms. The molecule has 2 aliphatic rings. The average Bonchev–Trinajstić information content (AvgIpc) is 2.68. The molecular weight excluding hydrogens is 224 g/mol. The number of β-amino-alcohol motifs (C(OH)–C–C–N with tert-alkyl or cyclic N) is 1. The summed E-state index contributed by atoms with van der Waals surface area (Å²) in [4.78, 5) is 2.37. The second kappa shape index (κ2) is 5.10. The minimum Gasteiger partial charge on any atom is -0.390 e. The van der Waals surface area contributed by atoms with Crippen molar-refractivity contribution >= 4 is 0 Å². The van der Waals surface area contributed by atoms with Crippen LogP contribution in [-0.2, 0) is 0 Å². The molecule has 2 N–H and O–H groups in total. The average molecular weight is 254 g/mol. The fraction of sp³-hybridized carbons (Fsp3) is 1.00. The number of hydrogen-bond acceptors (Lipinski definition) is 3. The Morgan fingerprint density at radius 1 is 1.17 bits per heavy atom. The van der Waals surface area contributed by atoms with E-state index in [1.807, 2.05) is 0 Å². The van der Waals surface area contributed by atoms with E-state index in [9.17, 15) is 5.11 Å². The largest absolute Gasteiger partial charge is 0.390 e. The zero-order valence-electron chi connectivity index (χ0n) is 12.5. The maximum Gasteiger partial charge on any atom is 0.0791 e. The van der Waals surface area contributed by atoms with Gasteiger partial charge in [-0.3, -0.25) is 0 Å². The molecular formula is C15H30N2O. The van der Waals surface area contributed by atoms with Gasteiger partial charge in [-0.25, -0.2) is 0 Å². The Morgan fingerprint density at radius 3 is 2.22 bits per heavy atom. The van der Waals surface area contributed by atoms with Gasteiger partial charge in [0.25, 0.3) is 0 Å². The van der Waals surface area contributed by atoms with Crippen molar-refractivity contribution in [2.75, 3.05) is 32.7 Å². The maximum absolute atomic E-state index is 10.00. The summed E-state index contributed by atoms with van der Waals surface area (Å²) in [5.41, 5.74) is 0.889. The maximum atomic E-state index is 10.00. The zero-order chi connectivity index (χ0) is 13.4. The SMILES string of the molecule is CC1(C)C(CNCC(O)CN2CCCC2)C1(C)C. The molecule has 0 radical (unpaired) electrons. The smallest absolute Gasteiger partial charge is 0.0791 e. The summed E-state index contributed by atoms with van der Waals surface area (Å²) in [6, 6.07) is 0. The van der Waals surface area contributed by atoms with Gasteiger partial charge in [0.15, 0.2) is 0 Å². The lowest BCUT2D eigenvalue weighted by atomic mass is 10.0. The lowest BCUT2D eigenvalue weighted by molar-refractivity contribution is 0.123. The number of nitrogens with zero attached hydrogens (tertiary/aromatic N) is 1. The normalized spacial score (nSPS) is 28.5. The highest BCUT2D eigenvalue weighted by atomic mass is 16.3. The summed E-state index contributed by atoms with van der Waals surface area (Å²) in [6.07, 6.45) is 2.38. The third kappa shape index (κ3) is 2.73. The quantitative estimate of drug-likeness (QED) is 0.757. The van der Waals surface area contributed by atoms with E-state index >= 15 is 0 Å². The van der Waals surface area contributed by atoms with E-state index in [4.69, 9.17) is 0 Å². The molecule has 2 rings (SSSR count). The van der Waals surface area contributed by atoms with Crippen LogP contribution < -0.4 is 5.32 Å². The molecule has 3 heteroatoms. The van der Waals surface area contributed by atoms with Crippen molar-refractivity contribution in [2.45, 2.75) is 46.6 Å². The molecule has 0 bridgehead atoms. The van der Waals surface area contributed by atoms with Gasteiger partial charge in [-0.15, -0.1) is 0 Å². The van der Waals surface area contributed by atoms with Gasteiger partial charge in [-0.1, -0.05) is 27.7 Å². The Hall–Kier alpha value is -0.120. The predicted octanol–water partition coefficient (Wildman–Crippen LogP) is 1.71. The van der Waals surface area contributed by atoms with Gasteiger partial charge in [0.05, 0.1) is 6.10 Å². The predicted molar refractivity (Wildman–Crippen MR) is 75.6 cm³/mol. The van der Waals surface area contributed by atoms with Gasteiger partial charge >= 0.3 is 0 Å². The molecule has 2 fully saturated rings. The second-order valence-electron chi connectivity index (χ2n) is 7.32. The standard InChI is InChI=1S/C15H30N2O/c1-14(2)13(15(14,3)4)10-16-9-12(18)11-17-7-5-6-8-17/h12-13,16,18H,5-11H2,1-4H3. The van der Waals surface area contributed by atoms with Crippen LogP contribution in [0, 0.1) is 16.7 Å². The van der Waals surface area contributed by atoms with E-state index in [1.165, 1.54) is 25.9 Å². The zero-order valence-corrected chi connectivity index (χ0v) is 12.5. The minimum atomic E-state index is -0.215. The Labute approximate surface area is 112 Å². The second-order valence-corrected chi connectivity index (χ2v) is 7.32. The molecule has 1 unspecified atom stereocenters. The molecule has 0 amide bonds. The van der Waals surface area contributed by atoms with Crippen molar-refractivity contribution in [2.24, 2.45) is 16.7 Å². The molecule has 1 saturated carbocycles. The molecule has 3 nitrogen and oxygen atoms in total. The van der Waals surface area contributed by atoms with Gasteiger partial charge in [-0.2, -0.15) is 0 Å². The number of hydrogen-bond donors (Lipinski definition) is 2. The summed E-state index contributed by atoms with van der Waals surface area (Å²) in [6.45, 7) is 14.3. The Bertz CT molecular complexity index is 268. The molecule has 0 aromatic carbocycles. The van der Waals surface area contributed by atoms with Crippen molar-refractivity contribution in [3.63, 3.8) is 0 Å². The van der Waals surface area contributed by atoms with Crippen LogP contribution in [0.25, 0.3) is 0 Å². The first kappa shape index (κ1) is 14.3. The van der Waals surface area contributed by atoms with E-state index in [-0.39, 0.29) is 6.10 Å². The summed E-state index contributed by atoms with van der Waals surface area (Å²) in [5.74, 6) is 0.740. The summed E-state index contributed by atoms with van der Waals surface area (Å²) >= 11 is 0. The topological polar surface area (TPSA) is 35.5 Å². The first-order valence-electron chi connectivity index (χ1n) is 7.47. The van der Waals surface area contributed by atoms with Gasteiger partial charge in [0.1, 0.15) is 0 Å². The Balaban J connectivity index is 1.61. The van der Waals surface area contributed by atoms with Crippen LogP contribution >= 0.6 is 0 Å². The minimum absolute atomic E-state index is 0.215. The number of aliphatic hydroxyl groups excluding tert-OH is 1. The van der Waals surface area contributed by atoms with Crippen LogP contribution in [0.3, 0.4) is 0 Å². The molecule has 106 valence electrons. The highest BCUT2D eigenvalue weighted by molar-refractivity contribution is 5.12. The lowest BCUT2D eigenvalue weighted by Crippen LogP contribution is -2.38. The van der Waals surface area contributed by atoms with E-state index in [0.29, 0.717) is 10.8 Å². The van der Waals surface area contributed by atoms with E-state index < -0.39 is 0 Å². The van der Waals surface area contributed by atoms with Crippen LogP contribution in [0.15, 0.2) is 0 Å². The van der Waals surface area contributed by atoms with E-state index in [0.717, 1.165) is 25.6 Å². The van der Waals surface area contributed by atoms with Crippen molar-refractivity contribution in [3.05, 3.63) is 0 Å². The molecule has 1 saturated heterocycles. The van der Waals surface area contributed by atoms with Crippen LogP contribution in [0.1, 0.15) is 40.5 Å². The van der Waals surface area contributed by atoms with Crippen molar-refractivity contribution in [3.8, 4) is 0 Å². The number of aliphatic hydroxyl groups is 1. The van der Waals surface area contributed by atoms with Gasteiger partial charge < -0.3 is 15.3 Å². The number of nitrogens with one attached hydrogen (secondary N) is 1. The molecule has 1 aliphatic carbocycles. The molecule has 1 heterocycles. The first-order valence-corrected chi connectivity index (χ1v) is 7.47. The van der Waals surface area contributed by atoms with Crippen molar-refractivity contribution in [1.82, 2.24) is 10.2 Å². The highest BCUT2D eigenvalue weighted by Gasteiger charge is 2.63. The van der Waals surface area contributed by atoms with Crippen LogP contribution in [0.4, 0.5) is 0 Å². The van der Waals surface area contributed by atoms with E-state index in [2.05, 4.69) is 37.9 Å². The lowest BCUT2D eigenvalue weighted by Gasteiger charge is -2.19. The van der Waals surface area contributed by atoms with Crippen molar-refractivity contribution in [1.29, 1.82) is 0 Å². The molecule has 0 spiro atoms. The molecule has 0 aromatic heterocycles. The Morgan fingerprint density at radius 2 is 1.72 bits per heavy atom. The highest BCUT2D eigenvalue weighted by Crippen LogP contribution is 2.67. The molecule has 1 atom stereocenters. The summed E-state index contributed by atoms with van der Waals surface area (Å²) in [5, 5.41) is 13.5. The fourth-order valence-corrected chi connectivity index (χ4v) is 3.57. The van der Waals surface area contributed by atoms with Crippen LogP contribution in [-0.4, -0.2) is 48.8 Å². The third-order valence-electron chi connectivity index (χ3n) is 5.72. The Kier molecular flexibility index (Phi) is 4.05. The summed E-state index contributed by atoms with van der Waals surface area (Å²) in [7, 11) is 0. The molecule has 0 aromatic rings. The van der Waals surface area contributed by atoms with Crippen LogP contribution in [0.2, 0.25) is 0 Å². The third-order valence-corrected chi connectivity index (χ3v) is 5.72. The van der Waals surface area contributed by atoms with Crippen molar-refractivity contribution < 1.29 is 5.11 Å². The van der Waals surface area contributed by atoms with Gasteiger partial charge in [0.2, 0.25) is 0 Å². The van der Waals surface area contributed by atoms with Gasteiger partial charge in [0, 0.05) is 13.1 Å². The van der Waals surface area contributed by atoms with Crippen LogP contribution in [0.5, 0.6) is 0 Å². The van der Waals surface area contributed by atoms with Gasteiger partial charge in [-0.05, 0) is 49.2 Å². The number of rotatable bonds is 6. The summed E-state index contributed by atoms with van der Waals surface area (Å²) < 4.78 is 0. The van der Waals surface area contributed by atoms with E-state index in [1.54, 1.807) is 0 Å². The molecule has 1 aliphatic heterocycles. The number of likely N-dealkylation sites (tertiary alicyclic amines) is 1. The first-order chi connectivity index (χ1) is 8.35.